The minimum atomic E-state index is -0.536. The highest BCUT2D eigenvalue weighted by Gasteiger charge is 2.19. The molecule has 40 heavy (non-hydrogen) atoms. The van der Waals surface area contributed by atoms with Gasteiger partial charge in [-0.25, -0.2) is 0 Å². The number of anilines is 2. The van der Waals surface area contributed by atoms with Gasteiger partial charge >= 0.3 is 0 Å². The van der Waals surface area contributed by atoms with E-state index in [1.807, 2.05) is 39.8 Å². The molecule has 212 valence electrons. The molecule has 0 unspecified atom stereocenters. The van der Waals surface area contributed by atoms with Gasteiger partial charge in [0.15, 0.2) is 0 Å². The smallest absolute Gasteiger partial charge is 0.274 e. The number of nitrogens with two attached hydrogens (primary N) is 2. The Morgan fingerprint density at radius 1 is 0.550 bits per heavy atom. The summed E-state index contributed by atoms with van der Waals surface area (Å²) in [5.41, 5.74) is 17.6. The Morgan fingerprint density at radius 3 is 1.45 bits per heavy atom. The van der Waals surface area contributed by atoms with Gasteiger partial charge in [0.2, 0.25) is 0 Å². The zero-order valence-corrected chi connectivity index (χ0v) is 24.2. The molecule has 0 saturated heterocycles. The van der Waals surface area contributed by atoms with Gasteiger partial charge in [-0.15, -0.1) is 0 Å². The van der Waals surface area contributed by atoms with Crippen LogP contribution in [-0.2, 0) is 12.8 Å². The predicted molar refractivity (Wildman–Crippen MR) is 166 cm³/mol. The predicted octanol–water partition coefficient (Wildman–Crippen LogP) is 8.20. The van der Waals surface area contributed by atoms with Crippen LogP contribution in [0.2, 0.25) is 0 Å². The molecule has 0 radical (unpaired) electrons. The summed E-state index contributed by atoms with van der Waals surface area (Å²) in [6.07, 6.45) is 1.08. The lowest BCUT2D eigenvalue weighted by molar-refractivity contribution is -0.386. The van der Waals surface area contributed by atoms with Crippen LogP contribution in [-0.4, -0.2) is 9.85 Å². The van der Waals surface area contributed by atoms with Gasteiger partial charge in [0.1, 0.15) is 0 Å². The number of aryl methyl sites for hydroxylation is 2. The van der Waals surface area contributed by atoms with E-state index in [0.29, 0.717) is 11.1 Å². The molecule has 4 N–H and O–H groups in total. The molecule has 0 bridgehead atoms. The van der Waals surface area contributed by atoms with Crippen LogP contribution in [0.5, 0.6) is 0 Å². The highest BCUT2D eigenvalue weighted by molar-refractivity contribution is 5.55. The van der Waals surface area contributed by atoms with Gasteiger partial charge in [-0.2, -0.15) is 0 Å². The fourth-order valence-corrected chi connectivity index (χ4v) is 3.68. The Hall–Kier alpha value is -4.72. The van der Waals surface area contributed by atoms with Gasteiger partial charge in [-0.1, -0.05) is 81.8 Å². The molecule has 4 aromatic carbocycles. The Balaban J connectivity index is 0.000000370. The van der Waals surface area contributed by atoms with Gasteiger partial charge in [0.05, 0.1) is 9.85 Å². The van der Waals surface area contributed by atoms with Gasteiger partial charge in [0, 0.05) is 41.1 Å². The maximum Gasteiger partial charge on any atom is 0.274 e. The highest BCUT2D eigenvalue weighted by Crippen LogP contribution is 2.28. The molecule has 0 heterocycles. The van der Waals surface area contributed by atoms with Gasteiger partial charge in [-0.3, -0.25) is 20.2 Å². The first kappa shape index (κ1) is 33.3. The first-order chi connectivity index (χ1) is 19.1. The summed E-state index contributed by atoms with van der Waals surface area (Å²) in [5.74, 6) is 0. The summed E-state index contributed by atoms with van der Waals surface area (Å²) < 4.78 is 0. The lowest BCUT2D eigenvalue weighted by Crippen LogP contribution is -2.01. The number of benzene rings is 4. The van der Waals surface area contributed by atoms with Gasteiger partial charge in [-0.05, 0) is 61.2 Å². The van der Waals surface area contributed by atoms with E-state index in [1.54, 1.807) is 25.1 Å². The summed E-state index contributed by atoms with van der Waals surface area (Å²) in [7, 11) is 0. The van der Waals surface area contributed by atoms with Crippen molar-refractivity contribution in [1.82, 2.24) is 0 Å². The molecule has 0 spiro atoms. The van der Waals surface area contributed by atoms with E-state index in [1.165, 1.54) is 34.9 Å². The van der Waals surface area contributed by atoms with Gasteiger partial charge < -0.3 is 11.5 Å². The van der Waals surface area contributed by atoms with E-state index in [4.69, 9.17) is 11.5 Å². The Labute approximate surface area is 237 Å². The molecular weight excluding hydrogens is 504 g/mol. The molecule has 0 atom stereocenters. The van der Waals surface area contributed by atoms with Crippen molar-refractivity contribution in [3.05, 3.63) is 139 Å². The topological polar surface area (TPSA) is 138 Å². The molecule has 0 saturated carbocycles. The van der Waals surface area contributed by atoms with Crippen molar-refractivity contribution in [2.45, 2.75) is 54.4 Å². The van der Waals surface area contributed by atoms with Crippen molar-refractivity contribution in [3.63, 3.8) is 0 Å². The number of hydrogen-bond donors (Lipinski definition) is 2. The Kier molecular flexibility index (Phi) is 14.1. The van der Waals surface area contributed by atoms with Crippen LogP contribution >= 0.6 is 0 Å². The number of nitrogens with zero attached hydrogens (tertiary/aromatic N) is 2. The fourth-order valence-electron chi connectivity index (χ4n) is 3.68. The summed E-state index contributed by atoms with van der Waals surface area (Å²) in [4.78, 5) is 21.1. The molecule has 0 fully saturated rings. The third kappa shape index (κ3) is 10.6. The minimum absolute atomic E-state index is 0.0406. The Morgan fingerprint density at radius 2 is 0.950 bits per heavy atom. The number of rotatable bonds is 6. The number of hydrogen-bond acceptors (Lipinski definition) is 6. The van der Waals surface area contributed by atoms with Crippen LogP contribution in [0.15, 0.2) is 84.9 Å². The standard InChI is InChI=1S/C14H13N3O4.C14H15N.2C2H6/c1-9-2-3-10(13(6-9)16(18)19)7-11-4-5-12(15)8-14(11)17(20)21;1-11-2-4-12(5-3-11)10-13-6-8-14(15)9-7-13;2*1-2/h2-6,8H,7,15H2,1H3;2-9H,10,15H2,1H3;2*1-2H3. The minimum Gasteiger partial charge on any atom is -0.399 e. The first-order valence-electron chi connectivity index (χ1n) is 13.3. The van der Waals surface area contributed by atoms with Gasteiger partial charge in [0.25, 0.3) is 11.4 Å². The van der Waals surface area contributed by atoms with Crippen molar-refractivity contribution >= 4 is 22.7 Å². The van der Waals surface area contributed by atoms with Crippen LogP contribution in [0.25, 0.3) is 0 Å². The third-order valence-corrected chi connectivity index (χ3v) is 5.63. The molecule has 0 aliphatic heterocycles. The first-order valence-corrected chi connectivity index (χ1v) is 13.3. The second-order valence-corrected chi connectivity index (χ2v) is 8.62. The molecule has 0 amide bonds. The van der Waals surface area contributed by atoms with E-state index in [2.05, 4.69) is 43.3 Å². The third-order valence-electron chi connectivity index (χ3n) is 5.63. The van der Waals surface area contributed by atoms with Crippen molar-refractivity contribution < 1.29 is 9.85 Å². The second kappa shape index (κ2) is 17.0. The van der Waals surface area contributed by atoms with E-state index >= 15 is 0 Å². The van der Waals surface area contributed by atoms with Crippen LogP contribution in [0.4, 0.5) is 22.7 Å². The lowest BCUT2D eigenvalue weighted by atomic mass is 10.00. The molecule has 0 aliphatic carbocycles. The highest BCUT2D eigenvalue weighted by atomic mass is 16.6. The van der Waals surface area contributed by atoms with Crippen molar-refractivity contribution in [1.29, 1.82) is 0 Å². The molecule has 0 aromatic heterocycles. The zero-order valence-electron chi connectivity index (χ0n) is 24.2. The maximum atomic E-state index is 11.1. The molecule has 4 aromatic rings. The molecule has 8 heteroatoms. The van der Waals surface area contributed by atoms with E-state index in [0.717, 1.165) is 17.7 Å². The average Bonchev–Trinajstić information content (AvgIpc) is 2.95. The normalized spacial score (nSPS) is 9.55. The van der Waals surface area contributed by atoms with E-state index < -0.39 is 9.85 Å². The number of nitro groups is 2. The summed E-state index contributed by atoms with van der Waals surface area (Å²) in [5, 5.41) is 22.1. The summed E-state index contributed by atoms with van der Waals surface area (Å²) in [6, 6.07) is 25.8. The molecular formula is C32H40N4O4. The van der Waals surface area contributed by atoms with Crippen LogP contribution in [0.3, 0.4) is 0 Å². The lowest BCUT2D eigenvalue weighted by Gasteiger charge is -2.06. The largest absolute Gasteiger partial charge is 0.399 e. The van der Waals surface area contributed by atoms with Crippen molar-refractivity contribution in [2.75, 3.05) is 11.5 Å². The maximum absolute atomic E-state index is 11.1. The molecule has 8 nitrogen and oxygen atoms in total. The number of nitro benzene ring substituents is 2. The van der Waals surface area contributed by atoms with Crippen LogP contribution in [0, 0.1) is 34.1 Å². The average molecular weight is 545 g/mol. The molecule has 4 rings (SSSR count). The van der Waals surface area contributed by atoms with Crippen molar-refractivity contribution in [3.8, 4) is 0 Å². The quantitative estimate of drug-likeness (QED) is 0.142. The SMILES string of the molecule is CC.CC.Cc1ccc(Cc2ccc(N)cc2)cc1.Cc1ccc(Cc2ccc(N)cc2[N+](=O)[O-])c([N+](=O)[O-])c1. The monoisotopic (exact) mass is 544 g/mol. The Bertz CT molecular complexity index is 1260. The second-order valence-electron chi connectivity index (χ2n) is 8.62. The van der Waals surface area contributed by atoms with Crippen molar-refractivity contribution in [2.24, 2.45) is 0 Å². The number of nitrogen functional groups attached to an aromatic ring is 2. The molecule has 0 aliphatic rings. The summed E-state index contributed by atoms with van der Waals surface area (Å²) >= 11 is 0. The zero-order chi connectivity index (χ0) is 30.2. The van der Waals surface area contributed by atoms with Crippen LogP contribution in [0.1, 0.15) is 61.1 Å². The van der Waals surface area contributed by atoms with Crippen LogP contribution < -0.4 is 11.5 Å². The van der Waals surface area contributed by atoms with E-state index in [9.17, 15) is 20.2 Å². The fraction of sp³-hybridized carbons (Fsp3) is 0.250. The van der Waals surface area contributed by atoms with E-state index in [-0.39, 0.29) is 23.5 Å². The summed E-state index contributed by atoms with van der Waals surface area (Å²) in [6.45, 7) is 11.9.